The van der Waals surface area contributed by atoms with Gasteiger partial charge in [-0.2, -0.15) is 9.97 Å². The number of aryl methyl sites for hydroxylation is 2. The summed E-state index contributed by atoms with van der Waals surface area (Å²) in [5.41, 5.74) is 2.62. The van der Waals surface area contributed by atoms with Crippen molar-refractivity contribution in [3.8, 4) is 17.3 Å². The molecule has 1 aromatic carbocycles. The molecule has 0 amide bonds. The lowest BCUT2D eigenvalue weighted by Gasteiger charge is -2.14. The molecule has 0 N–H and O–H groups in total. The van der Waals surface area contributed by atoms with Gasteiger partial charge < -0.3 is 4.74 Å². The van der Waals surface area contributed by atoms with Crippen LogP contribution in [0.15, 0.2) is 35.1 Å². The zero-order valence-corrected chi connectivity index (χ0v) is 15.3. The number of unbranched alkanes of at least 4 members (excludes halogenated alkanes) is 2. The number of rotatable bonds is 6. The number of methoxy groups -OCH3 is 1. The Morgan fingerprint density at radius 1 is 1.15 bits per heavy atom. The summed E-state index contributed by atoms with van der Waals surface area (Å²) in [5, 5.41) is 0.747. The van der Waals surface area contributed by atoms with Crippen molar-refractivity contribution >= 4 is 11.0 Å². The van der Waals surface area contributed by atoms with E-state index < -0.39 is 0 Å². The summed E-state index contributed by atoms with van der Waals surface area (Å²) in [6, 6.07) is 8.01. The molecule has 2 heterocycles. The second-order valence-corrected chi connectivity index (χ2v) is 6.29. The molecule has 0 aliphatic rings. The van der Waals surface area contributed by atoms with Crippen LogP contribution in [-0.4, -0.2) is 21.6 Å². The predicted molar refractivity (Wildman–Crippen MR) is 100 cm³/mol. The zero-order valence-electron chi connectivity index (χ0n) is 15.3. The van der Waals surface area contributed by atoms with Crippen LogP contribution < -0.4 is 10.3 Å². The number of hydrogen-bond acceptors (Lipinski definition) is 4. The van der Waals surface area contributed by atoms with Gasteiger partial charge in [0.1, 0.15) is 5.82 Å². The summed E-state index contributed by atoms with van der Waals surface area (Å²) in [5.74, 6) is -0.298. The van der Waals surface area contributed by atoms with Gasteiger partial charge in [0.05, 0.1) is 12.8 Å². The van der Waals surface area contributed by atoms with E-state index in [9.17, 15) is 9.18 Å². The number of pyridine rings is 1. The predicted octanol–water partition coefficient (Wildman–Crippen LogP) is 4.10. The van der Waals surface area contributed by atoms with Crippen molar-refractivity contribution in [1.82, 2.24) is 14.5 Å². The second kappa shape index (κ2) is 7.64. The summed E-state index contributed by atoms with van der Waals surface area (Å²) in [4.78, 5) is 21.3. The molecule has 136 valence electrons. The fraction of sp³-hybridized carbons (Fsp3) is 0.350. The minimum atomic E-state index is -0.298. The summed E-state index contributed by atoms with van der Waals surface area (Å²) >= 11 is 0. The summed E-state index contributed by atoms with van der Waals surface area (Å²) in [6.45, 7) is 4.54. The van der Waals surface area contributed by atoms with Crippen LogP contribution in [0.1, 0.15) is 31.7 Å². The van der Waals surface area contributed by atoms with E-state index in [2.05, 4.69) is 16.9 Å². The summed E-state index contributed by atoms with van der Waals surface area (Å²) < 4.78 is 20.4. The molecule has 0 atom stereocenters. The molecule has 0 spiro atoms. The van der Waals surface area contributed by atoms with Crippen LogP contribution in [0.4, 0.5) is 4.39 Å². The monoisotopic (exact) mass is 355 g/mol. The topological polar surface area (TPSA) is 57.0 Å². The lowest BCUT2D eigenvalue weighted by atomic mass is 10.0. The number of ether oxygens (including phenoxy) is 1. The number of benzene rings is 1. The Kier molecular flexibility index (Phi) is 5.30. The molecule has 2 aromatic heterocycles. The van der Waals surface area contributed by atoms with Gasteiger partial charge in [0, 0.05) is 23.6 Å². The van der Waals surface area contributed by atoms with Gasteiger partial charge in [0.25, 0.3) is 5.56 Å². The van der Waals surface area contributed by atoms with E-state index in [0.717, 1.165) is 35.8 Å². The van der Waals surface area contributed by atoms with Crippen molar-refractivity contribution in [2.45, 2.75) is 39.7 Å². The maximum absolute atomic E-state index is 13.5. The van der Waals surface area contributed by atoms with Gasteiger partial charge in [-0.1, -0.05) is 19.8 Å². The van der Waals surface area contributed by atoms with E-state index >= 15 is 0 Å². The van der Waals surface area contributed by atoms with E-state index in [4.69, 9.17) is 4.74 Å². The molecule has 0 unspecified atom stereocenters. The van der Waals surface area contributed by atoms with Crippen LogP contribution >= 0.6 is 0 Å². The van der Waals surface area contributed by atoms with Gasteiger partial charge in [0.15, 0.2) is 5.65 Å². The number of hydrogen-bond donors (Lipinski definition) is 0. The number of fused-ring (bicyclic) bond motifs is 1. The van der Waals surface area contributed by atoms with Crippen LogP contribution in [0.5, 0.6) is 6.01 Å². The van der Waals surface area contributed by atoms with Crippen LogP contribution in [0, 0.1) is 12.7 Å². The quantitative estimate of drug-likeness (QED) is 0.625. The Bertz CT molecular complexity index is 998. The Morgan fingerprint density at radius 2 is 1.96 bits per heavy atom. The minimum absolute atomic E-state index is 0.101. The summed E-state index contributed by atoms with van der Waals surface area (Å²) in [7, 11) is 1.49. The van der Waals surface area contributed by atoms with E-state index in [1.807, 2.05) is 6.92 Å². The van der Waals surface area contributed by atoms with Crippen LogP contribution in [0.3, 0.4) is 0 Å². The highest BCUT2D eigenvalue weighted by Crippen LogP contribution is 2.30. The van der Waals surface area contributed by atoms with Gasteiger partial charge in [0.2, 0.25) is 0 Å². The molecule has 0 saturated heterocycles. The number of aromatic nitrogens is 3. The van der Waals surface area contributed by atoms with E-state index in [-0.39, 0.29) is 17.4 Å². The smallest absolute Gasteiger partial charge is 0.318 e. The molecule has 0 saturated carbocycles. The Labute approximate surface area is 151 Å². The molecule has 5 nitrogen and oxygen atoms in total. The standard InChI is InChI=1S/C20H22FN3O2/c1-4-5-6-11-24-17(25)10-9-16-18(22-20(26-3)23-19(16)24)15-8-7-14(21)12-13(15)2/h7-10,12H,4-6,11H2,1-3H3. The SMILES string of the molecule is CCCCCn1c(=O)ccc2c(-c3ccc(F)cc3C)nc(OC)nc21. The van der Waals surface area contributed by atoms with Crippen molar-refractivity contribution in [3.05, 3.63) is 52.1 Å². The van der Waals surface area contributed by atoms with Crippen molar-refractivity contribution in [3.63, 3.8) is 0 Å². The first-order valence-corrected chi connectivity index (χ1v) is 8.77. The highest BCUT2D eigenvalue weighted by molar-refractivity contribution is 5.91. The minimum Gasteiger partial charge on any atom is -0.467 e. The normalized spacial score (nSPS) is 11.1. The average molecular weight is 355 g/mol. The first-order chi connectivity index (χ1) is 12.5. The molecule has 3 aromatic rings. The van der Waals surface area contributed by atoms with Crippen molar-refractivity contribution in [2.24, 2.45) is 0 Å². The lowest BCUT2D eigenvalue weighted by molar-refractivity contribution is 0.381. The molecular formula is C20H22FN3O2. The molecule has 0 radical (unpaired) electrons. The third-order valence-electron chi connectivity index (χ3n) is 4.43. The number of nitrogens with zero attached hydrogens (tertiary/aromatic N) is 3. The van der Waals surface area contributed by atoms with Crippen LogP contribution in [0.25, 0.3) is 22.3 Å². The molecule has 26 heavy (non-hydrogen) atoms. The van der Waals surface area contributed by atoms with Crippen molar-refractivity contribution < 1.29 is 9.13 Å². The highest BCUT2D eigenvalue weighted by atomic mass is 19.1. The van der Waals surface area contributed by atoms with Gasteiger partial charge in [-0.25, -0.2) is 4.39 Å². The molecule has 6 heteroatoms. The van der Waals surface area contributed by atoms with Gasteiger partial charge in [-0.15, -0.1) is 0 Å². The summed E-state index contributed by atoms with van der Waals surface area (Å²) in [6.07, 6.45) is 3.00. The Balaban J connectivity index is 2.26. The molecular weight excluding hydrogens is 333 g/mol. The zero-order chi connectivity index (χ0) is 18.7. The number of halogens is 1. The maximum atomic E-state index is 13.5. The molecule has 0 bridgehead atoms. The van der Waals surface area contributed by atoms with E-state index in [1.54, 1.807) is 16.7 Å². The maximum Gasteiger partial charge on any atom is 0.318 e. The third kappa shape index (κ3) is 3.45. The average Bonchev–Trinajstić information content (AvgIpc) is 2.63. The molecule has 3 rings (SSSR count). The van der Waals surface area contributed by atoms with Crippen LogP contribution in [-0.2, 0) is 6.54 Å². The largest absolute Gasteiger partial charge is 0.467 e. The first kappa shape index (κ1) is 18.0. The van der Waals surface area contributed by atoms with Gasteiger partial charge in [-0.05, 0) is 43.2 Å². The lowest BCUT2D eigenvalue weighted by Crippen LogP contribution is -2.21. The van der Waals surface area contributed by atoms with Crippen molar-refractivity contribution in [1.29, 1.82) is 0 Å². The highest BCUT2D eigenvalue weighted by Gasteiger charge is 2.16. The Hall–Kier alpha value is -2.76. The van der Waals surface area contributed by atoms with Gasteiger partial charge >= 0.3 is 6.01 Å². The van der Waals surface area contributed by atoms with E-state index in [1.165, 1.54) is 25.3 Å². The molecule has 0 aliphatic heterocycles. The first-order valence-electron chi connectivity index (χ1n) is 8.77. The Morgan fingerprint density at radius 3 is 2.65 bits per heavy atom. The molecule has 0 aliphatic carbocycles. The van der Waals surface area contributed by atoms with Gasteiger partial charge in [-0.3, -0.25) is 9.36 Å². The fourth-order valence-electron chi connectivity index (χ4n) is 3.07. The third-order valence-corrected chi connectivity index (χ3v) is 4.43. The van der Waals surface area contributed by atoms with Crippen molar-refractivity contribution in [2.75, 3.05) is 7.11 Å². The van der Waals surface area contributed by atoms with Crippen LogP contribution in [0.2, 0.25) is 0 Å². The fourth-order valence-corrected chi connectivity index (χ4v) is 3.07. The molecule has 0 fully saturated rings. The second-order valence-electron chi connectivity index (χ2n) is 6.29. The van der Waals surface area contributed by atoms with E-state index in [0.29, 0.717) is 17.9 Å².